The minimum atomic E-state index is 1.14. The first-order valence-corrected chi connectivity index (χ1v) is 15.4. The lowest BCUT2D eigenvalue weighted by Gasteiger charge is -2.26. The molecule has 0 saturated carbocycles. The van der Waals surface area contributed by atoms with Crippen LogP contribution in [0.2, 0.25) is 0 Å². The van der Waals surface area contributed by atoms with Crippen molar-refractivity contribution < 1.29 is 0 Å². The highest BCUT2D eigenvalue weighted by Gasteiger charge is 2.19. The molecular weight excluding hydrogens is 541 g/mol. The summed E-state index contributed by atoms with van der Waals surface area (Å²) in [6, 6.07) is 57.2. The molecule has 0 atom stereocenters. The van der Waals surface area contributed by atoms with Crippen molar-refractivity contribution in [2.75, 3.05) is 4.90 Å². The number of nitrogens with zero attached hydrogens (tertiary/aromatic N) is 2. The minimum absolute atomic E-state index is 1.14. The number of fused-ring (bicyclic) bond motifs is 7. The standard InChI is InChI=1S/C40H26N2S/c1-3-12-29(13-4-1)41(37-20-11-18-34-33-17-8-10-21-39(33)43-40(34)37)31-23-22-27-25-35-32-16-7-9-19-36(32)42(30-14-5-2-6-15-30)38(35)26-28(27)24-31/h1-26H. The molecule has 0 amide bonds. The van der Waals surface area contributed by atoms with Gasteiger partial charge in [-0.2, -0.15) is 0 Å². The van der Waals surface area contributed by atoms with Gasteiger partial charge in [0.25, 0.3) is 0 Å². The average molecular weight is 567 g/mol. The van der Waals surface area contributed by atoms with Gasteiger partial charge in [0.15, 0.2) is 0 Å². The molecule has 9 rings (SSSR count). The molecule has 9 aromatic rings. The lowest BCUT2D eigenvalue weighted by molar-refractivity contribution is 1.18. The quantitative estimate of drug-likeness (QED) is 0.206. The largest absolute Gasteiger partial charge is 0.309 e. The molecule has 0 radical (unpaired) electrons. The fourth-order valence-electron chi connectivity index (χ4n) is 6.61. The van der Waals surface area contributed by atoms with E-state index in [-0.39, 0.29) is 0 Å². The van der Waals surface area contributed by atoms with Crippen molar-refractivity contribution in [3.63, 3.8) is 0 Å². The summed E-state index contributed by atoms with van der Waals surface area (Å²) < 4.78 is 5.00. The van der Waals surface area contributed by atoms with E-state index in [2.05, 4.69) is 167 Å². The Morgan fingerprint density at radius 3 is 2.02 bits per heavy atom. The van der Waals surface area contributed by atoms with Crippen LogP contribution in [0.4, 0.5) is 17.1 Å². The lowest BCUT2D eigenvalue weighted by atomic mass is 10.0. The van der Waals surface area contributed by atoms with Gasteiger partial charge >= 0.3 is 0 Å². The van der Waals surface area contributed by atoms with Gasteiger partial charge in [-0.1, -0.05) is 91.0 Å². The van der Waals surface area contributed by atoms with Crippen LogP contribution in [0.5, 0.6) is 0 Å². The third-order valence-electron chi connectivity index (χ3n) is 8.53. The maximum atomic E-state index is 2.41. The molecule has 0 fully saturated rings. The third-order valence-corrected chi connectivity index (χ3v) is 9.73. The average Bonchev–Trinajstić information content (AvgIpc) is 3.61. The summed E-state index contributed by atoms with van der Waals surface area (Å²) >= 11 is 1.87. The van der Waals surface area contributed by atoms with E-state index in [1.54, 1.807) is 0 Å². The Morgan fingerprint density at radius 2 is 1.16 bits per heavy atom. The third kappa shape index (κ3) is 3.79. The van der Waals surface area contributed by atoms with Crippen LogP contribution < -0.4 is 4.90 Å². The zero-order valence-electron chi connectivity index (χ0n) is 23.3. The molecule has 2 heterocycles. The van der Waals surface area contributed by atoms with Gasteiger partial charge in [0.2, 0.25) is 0 Å². The SMILES string of the molecule is c1ccc(N(c2ccc3cc4c5ccccc5n(-c5ccccc5)c4cc3c2)c2cccc3c2sc2ccccc23)cc1. The van der Waals surface area contributed by atoms with Crippen molar-refractivity contribution >= 4 is 81.1 Å². The first-order chi connectivity index (χ1) is 21.3. The first-order valence-electron chi connectivity index (χ1n) is 14.6. The van der Waals surface area contributed by atoms with Gasteiger partial charge < -0.3 is 9.47 Å². The molecule has 0 bridgehead atoms. The summed E-state index contributed by atoms with van der Waals surface area (Å²) in [6.07, 6.45) is 0. The molecule has 0 N–H and O–H groups in total. The Balaban J connectivity index is 1.31. The molecule has 0 spiro atoms. The van der Waals surface area contributed by atoms with Gasteiger partial charge in [-0.3, -0.25) is 0 Å². The molecule has 0 aliphatic carbocycles. The molecule has 2 nitrogen and oxygen atoms in total. The number of hydrogen-bond donors (Lipinski definition) is 0. The molecule has 3 heteroatoms. The summed E-state index contributed by atoms with van der Waals surface area (Å²) in [5, 5.41) is 7.61. The van der Waals surface area contributed by atoms with Gasteiger partial charge in [-0.25, -0.2) is 0 Å². The van der Waals surface area contributed by atoms with Gasteiger partial charge in [0.1, 0.15) is 0 Å². The zero-order chi connectivity index (χ0) is 28.3. The fourth-order valence-corrected chi connectivity index (χ4v) is 7.81. The minimum Gasteiger partial charge on any atom is -0.309 e. The summed E-state index contributed by atoms with van der Waals surface area (Å²) in [5.74, 6) is 0. The molecule has 0 aliphatic heterocycles. The van der Waals surface area contributed by atoms with Crippen molar-refractivity contribution in [3.8, 4) is 5.69 Å². The van der Waals surface area contributed by atoms with Crippen molar-refractivity contribution in [1.29, 1.82) is 0 Å². The van der Waals surface area contributed by atoms with E-state index in [1.165, 1.54) is 64.1 Å². The van der Waals surface area contributed by atoms with E-state index in [0.717, 1.165) is 11.4 Å². The second kappa shape index (κ2) is 9.59. The van der Waals surface area contributed by atoms with E-state index in [1.807, 2.05) is 11.3 Å². The highest BCUT2D eigenvalue weighted by atomic mass is 32.1. The van der Waals surface area contributed by atoms with E-state index in [0.29, 0.717) is 0 Å². The first kappa shape index (κ1) is 24.2. The molecular formula is C40H26N2S. The number of rotatable bonds is 4. The highest BCUT2D eigenvalue weighted by molar-refractivity contribution is 7.26. The van der Waals surface area contributed by atoms with Crippen LogP contribution in [0, 0.1) is 0 Å². The lowest BCUT2D eigenvalue weighted by Crippen LogP contribution is -2.09. The van der Waals surface area contributed by atoms with E-state index in [9.17, 15) is 0 Å². The second-order valence-electron chi connectivity index (χ2n) is 11.0. The van der Waals surface area contributed by atoms with Crippen molar-refractivity contribution in [2.45, 2.75) is 0 Å². The predicted molar refractivity (Wildman–Crippen MR) is 186 cm³/mol. The Labute approximate surface area is 253 Å². The number of para-hydroxylation sites is 3. The van der Waals surface area contributed by atoms with E-state index < -0.39 is 0 Å². The van der Waals surface area contributed by atoms with Crippen LogP contribution in [0.1, 0.15) is 0 Å². The van der Waals surface area contributed by atoms with Crippen molar-refractivity contribution in [2.24, 2.45) is 0 Å². The molecule has 43 heavy (non-hydrogen) atoms. The zero-order valence-corrected chi connectivity index (χ0v) is 24.1. The number of benzene rings is 7. The molecule has 202 valence electrons. The van der Waals surface area contributed by atoms with Crippen molar-refractivity contribution in [3.05, 3.63) is 158 Å². The number of thiophene rings is 1. The van der Waals surface area contributed by atoms with Gasteiger partial charge in [0.05, 0.1) is 21.4 Å². The van der Waals surface area contributed by atoms with Crippen LogP contribution in [0.15, 0.2) is 158 Å². The number of anilines is 3. The maximum Gasteiger partial charge on any atom is 0.0640 e. The maximum absolute atomic E-state index is 2.41. The number of hydrogen-bond acceptors (Lipinski definition) is 2. The van der Waals surface area contributed by atoms with Gasteiger partial charge in [0, 0.05) is 43.3 Å². The van der Waals surface area contributed by atoms with Crippen LogP contribution in [-0.4, -0.2) is 4.57 Å². The molecule has 0 unspecified atom stereocenters. The van der Waals surface area contributed by atoms with E-state index >= 15 is 0 Å². The van der Waals surface area contributed by atoms with Gasteiger partial charge in [-0.05, 0) is 77.5 Å². The molecule has 0 aliphatic rings. The predicted octanol–water partition coefficient (Wildman–Crippen LogP) is 11.8. The molecule has 0 saturated heterocycles. The van der Waals surface area contributed by atoms with E-state index in [4.69, 9.17) is 0 Å². The van der Waals surface area contributed by atoms with Crippen molar-refractivity contribution in [1.82, 2.24) is 4.57 Å². The molecule has 2 aromatic heterocycles. The Bertz CT molecular complexity index is 2450. The number of aromatic nitrogens is 1. The van der Waals surface area contributed by atoms with Crippen LogP contribution in [-0.2, 0) is 0 Å². The highest BCUT2D eigenvalue weighted by Crippen LogP contribution is 2.45. The Kier molecular flexibility index (Phi) is 5.40. The summed E-state index contributed by atoms with van der Waals surface area (Å²) in [5.41, 5.74) is 7.10. The smallest absolute Gasteiger partial charge is 0.0640 e. The summed E-state index contributed by atoms with van der Waals surface area (Å²) in [4.78, 5) is 2.41. The summed E-state index contributed by atoms with van der Waals surface area (Å²) in [7, 11) is 0. The monoisotopic (exact) mass is 566 g/mol. The summed E-state index contributed by atoms with van der Waals surface area (Å²) in [6.45, 7) is 0. The molecule has 7 aromatic carbocycles. The van der Waals surface area contributed by atoms with Gasteiger partial charge in [-0.15, -0.1) is 11.3 Å². The topological polar surface area (TPSA) is 8.17 Å². The second-order valence-corrected chi connectivity index (χ2v) is 12.1. The Hall–Kier alpha value is -5.38. The van der Waals surface area contributed by atoms with Crippen LogP contribution in [0.3, 0.4) is 0 Å². The van der Waals surface area contributed by atoms with Crippen LogP contribution >= 0.6 is 11.3 Å². The fraction of sp³-hybridized carbons (Fsp3) is 0. The Morgan fingerprint density at radius 1 is 0.442 bits per heavy atom. The van der Waals surface area contributed by atoms with Crippen LogP contribution in [0.25, 0.3) is 58.4 Å². The normalized spacial score (nSPS) is 11.7.